The lowest BCUT2D eigenvalue weighted by Crippen LogP contribution is -2.26. The largest absolute Gasteiger partial charge is 0.354 e. The summed E-state index contributed by atoms with van der Waals surface area (Å²) in [6, 6.07) is 0. The van der Waals surface area contributed by atoms with Crippen LogP contribution >= 0.6 is 22.9 Å². The Bertz CT molecular complexity index is 973. The van der Waals surface area contributed by atoms with E-state index in [0.717, 1.165) is 29.5 Å². The number of hydrogen-bond acceptors (Lipinski definition) is 5. The van der Waals surface area contributed by atoms with Crippen LogP contribution in [0.1, 0.15) is 30.2 Å². The van der Waals surface area contributed by atoms with Crippen LogP contribution in [0.15, 0.2) is 17.2 Å². The van der Waals surface area contributed by atoms with Gasteiger partial charge in [0.15, 0.2) is 0 Å². The van der Waals surface area contributed by atoms with Gasteiger partial charge < -0.3 is 5.32 Å². The molecule has 0 spiro atoms. The highest BCUT2D eigenvalue weighted by Crippen LogP contribution is 2.34. The Labute approximate surface area is 154 Å². The van der Waals surface area contributed by atoms with E-state index in [4.69, 9.17) is 16.6 Å². The maximum atomic E-state index is 13.0. The second kappa shape index (κ2) is 6.80. The van der Waals surface area contributed by atoms with Gasteiger partial charge >= 0.3 is 0 Å². The molecule has 6 nitrogen and oxygen atoms in total. The molecule has 0 bridgehead atoms. The molecule has 0 amide bonds. The maximum Gasteiger partial charge on any atom is 0.263 e. The summed E-state index contributed by atoms with van der Waals surface area (Å²) in [5.74, 6) is 0.636. The van der Waals surface area contributed by atoms with Crippen LogP contribution in [0.4, 0.5) is 5.95 Å². The number of fused-ring (bicyclic) bond motifs is 3. The van der Waals surface area contributed by atoms with Crippen molar-refractivity contribution in [2.45, 2.75) is 45.7 Å². The smallest absolute Gasteiger partial charge is 0.263 e. The van der Waals surface area contributed by atoms with Crippen molar-refractivity contribution in [1.82, 2.24) is 19.3 Å². The molecule has 0 unspecified atom stereocenters. The average molecular weight is 378 g/mol. The third-order valence-electron chi connectivity index (χ3n) is 4.62. The molecule has 0 radical (unpaired) electrons. The van der Waals surface area contributed by atoms with E-state index in [2.05, 4.69) is 10.4 Å². The van der Waals surface area contributed by atoms with Crippen LogP contribution in [0.25, 0.3) is 10.2 Å². The standard InChI is InChI=1S/C17H20ClN5OS/c1-2-23-16(24)14-12-5-3-4-6-13(12)25-15(14)21-17(23)19-7-8-22-10-11(18)9-20-22/h9-10H,2-8H2,1H3,(H,19,21). The molecule has 3 aromatic heterocycles. The number of halogens is 1. The van der Waals surface area contributed by atoms with Crippen LogP contribution in [0.2, 0.25) is 5.02 Å². The molecule has 0 aliphatic heterocycles. The van der Waals surface area contributed by atoms with Crippen molar-refractivity contribution in [3.63, 3.8) is 0 Å². The Morgan fingerprint density at radius 1 is 1.36 bits per heavy atom. The number of aryl methyl sites for hydroxylation is 2. The van der Waals surface area contributed by atoms with E-state index in [9.17, 15) is 4.79 Å². The normalized spacial score (nSPS) is 14.0. The van der Waals surface area contributed by atoms with Crippen LogP contribution in [-0.4, -0.2) is 25.9 Å². The molecule has 1 N–H and O–H groups in total. The van der Waals surface area contributed by atoms with Crippen LogP contribution in [0.3, 0.4) is 0 Å². The zero-order valence-corrected chi connectivity index (χ0v) is 15.7. The lowest BCUT2D eigenvalue weighted by atomic mass is 9.97. The Morgan fingerprint density at radius 3 is 2.96 bits per heavy atom. The molecule has 0 saturated carbocycles. The number of hydrogen-bond donors (Lipinski definition) is 1. The van der Waals surface area contributed by atoms with E-state index in [1.54, 1.807) is 33.0 Å². The molecule has 3 heterocycles. The summed E-state index contributed by atoms with van der Waals surface area (Å²) in [4.78, 5) is 20.0. The fourth-order valence-electron chi connectivity index (χ4n) is 3.41. The number of anilines is 1. The van der Waals surface area contributed by atoms with Crippen molar-refractivity contribution in [3.8, 4) is 0 Å². The highest BCUT2D eigenvalue weighted by Gasteiger charge is 2.21. The van der Waals surface area contributed by atoms with Crippen molar-refractivity contribution >= 4 is 39.1 Å². The highest BCUT2D eigenvalue weighted by molar-refractivity contribution is 7.18. The van der Waals surface area contributed by atoms with E-state index in [1.807, 2.05) is 6.92 Å². The second-order valence-electron chi connectivity index (χ2n) is 6.22. The molecule has 0 fully saturated rings. The fourth-order valence-corrected chi connectivity index (χ4v) is 4.82. The summed E-state index contributed by atoms with van der Waals surface area (Å²) < 4.78 is 3.51. The maximum absolute atomic E-state index is 13.0. The van der Waals surface area contributed by atoms with Crippen molar-refractivity contribution in [3.05, 3.63) is 38.2 Å². The molecule has 25 heavy (non-hydrogen) atoms. The number of nitrogens with one attached hydrogen (secondary N) is 1. The van der Waals surface area contributed by atoms with Crippen molar-refractivity contribution in [2.24, 2.45) is 0 Å². The Balaban J connectivity index is 1.65. The van der Waals surface area contributed by atoms with Gasteiger partial charge in [-0.15, -0.1) is 11.3 Å². The van der Waals surface area contributed by atoms with E-state index in [0.29, 0.717) is 30.6 Å². The summed E-state index contributed by atoms with van der Waals surface area (Å²) >= 11 is 7.56. The van der Waals surface area contributed by atoms with Crippen LogP contribution in [-0.2, 0) is 25.9 Å². The van der Waals surface area contributed by atoms with Gasteiger partial charge in [0.2, 0.25) is 5.95 Å². The topological polar surface area (TPSA) is 64.7 Å². The van der Waals surface area contributed by atoms with Gasteiger partial charge in [-0.25, -0.2) is 4.98 Å². The van der Waals surface area contributed by atoms with E-state index < -0.39 is 0 Å². The molecule has 1 aliphatic rings. The first-order chi connectivity index (χ1) is 12.2. The molecule has 3 aromatic rings. The zero-order valence-electron chi connectivity index (χ0n) is 14.1. The second-order valence-corrected chi connectivity index (χ2v) is 7.74. The Hall–Kier alpha value is -1.86. The van der Waals surface area contributed by atoms with Gasteiger partial charge in [-0.3, -0.25) is 14.0 Å². The van der Waals surface area contributed by atoms with Gasteiger partial charge in [-0.1, -0.05) is 11.6 Å². The van der Waals surface area contributed by atoms with Crippen LogP contribution in [0.5, 0.6) is 0 Å². The van der Waals surface area contributed by atoms with E-state index in [1.165, 1.54) is 16.9 Å². The van der Waals surface area contributed by atoms with Crippen molar-refractivity contribution in [2.75, 3.05) is 11.9 Å². The third kappa shape index (κ3) is 3.06. The van der Waals surface area contributed by atoms with Gasteiger partial charge in [0.25, 0.3) is 5.56 Å². The predicted octanol–water partition coefficient (Wildman–Crippen LogP) is 3.32. The molecule has 0 aromatic carbocycles. The number of thiophene rings is 1. The van der Waals surface area contributed by atoms with Crippen molar-refractivity contribution in [1.29, 1.82) is 0 Å². The summed E-state index contributed by atoms with van der Waals surface area (Å²) in [7, 11) is 0. The third-order valence-corrected chi connectivity index (χ3v) is 6.00. The lowest BCUT2D eigenvalue weighted by Gasteiger charge is -2.13. The average Bonchev–Trinajstić information content (AvgIpc) is 3.18. The monoisotopic (exact) mass is 377 g/mol. The first-order valence-corrected chi connectivity index (χ1v) is 9.83. The first-order valence-electron chi connectivity index (χ1n) is 8.64. The van der Waals surface area contributed by atoms with E-state index >= 15 is 0 Å². The minimum absolute atomic E-state index is 0.0801. The summed E-state index contributed by atoms with van der Waals surface area (Å²) in [5, 5.41) is 8.91. The summed E-state index contributed by atoms with van der Waals surface area (Å²) in [6.07, 6.45) is 7.84. The van der Waals surface area contributed by atoms with Crippen molar-refractivity contribution < 1.29 is 0 Å². The molecule has 4 rings (SSSR count). The van der Waals surface area contributed by atoms with Crippen LogP contribution < -0.4 is 10.9 Å². The molecule has 8 heteroatoms. The number of rotatable bonds is 5. The number of nitrogens with zero attached hydrogens (tertiary/aromatic N) is 4. The predicted molar refractivity (Wildman–Crippen MR) is 102 cm³/mol. The van der Waals surface area contributed by atoms with Gasteiger partial charge in [-0.05, 0) is 38.2 Å². The minimum Gasteiger partial charge on any atom is -0.354 e. The quantitative estimate of drug-likeness (QED) is 0.740. The number of aromatic nitrogens is 4. The van der Waals surface area contributed by atoms with Gasteiger partial charge in [-0.2, -0.15) is 5.10 Å². The zero-order chi connectivity index (χ0) is 17.4. The molecule has 132 valence electrons. The SMILES string of the molecule is CCn1c(NCCn2cc(Cl)cn2)nc2sc3c(c2c1=O)CCCC3. The summed E-state index contributed by atoms with van der Waals surface area (Å²) in [5.41, 5.74) is 1.32. The van der Waals surface area contributed by atoms with E-state index in [-0.39, 0.29) is 5.56 Å². The van der Waals surface area contributed by atoms with Crippen LogP contribution in [0, 0.1) is 0 Å². The molecular weight excluding hydrogens is 358 g/mol. The fraction of sp³-hybridized carbons (Fsp3) is 0.471. The molecule has 1 aliphatic carbocycles. The Morgan fingerprint density at radius 2 is 2.20 bits per heavy atom. The first kappa shape index (κ1) is 16.6. The lowest BCUT2D eigenvalue weighted by molar-refractivity contribution is 0.629. The molecule has 0 atom stereocenters. The van der Waals surface area contributed by atoms with Gasteiger partial charge in [0.1, 0.15) is 4.83 Å². The minimum atomic E-state index is 0.0801. The molecular formula is C17H20ClN5OS. The Kier molecular flexibility index (Phi) is 4.52. The van der Waals surface area contributed by atoms with Gasteiger partial charge in [0.05, 0.1) is 23.2 Å². The summed E-state index contributed by atoms with van der Waals surface area (Å²) in [6.45, 7) is 3.86. The van der Waals surface area contributed by atoms with Gasteiger partial charge in [0, 0.05) is 24.2 Å². The molecule has 0 saturated heterocycles. The highest BCUT2D eigenvalue weighted by atomic mass is 35.5.